The van der Waals surface area contributed by atoms with E-state index in [0.717, 1.165) is 37.2 Å². The SMILES string of the molecule is C=C(c1ccc(S(=O)(=O)C(C)(C)C)cc1)N1CCC(OC)(c2ccc(C)n2C)CC1. The average molecular weight is 431 g/mol. The van der Waals surface area contributed by atoms with Crippen LogP contribution in [0.15, 0.2) is 47.9 Å². The third kappa shape index (κ3) is 3.83. The van der Waals surface area contributed by atoms with E-state index in [4.69, 9.17) is 4.74 Å². The minimum Gasteiger partial charge on any atom is -0.372 e. The molecule has 2 aromatic rings. The molecule has 0 radical (unpaired) electrons. The molecule has 5 nitrogen and oxygen atoms in total. The molecule has 0 bridgehead atoms. The number of ether oxygens (including phenoxy) is 1. The predicted molar refractivity (Wildman–Crippen MR) is 122 cm³/mol. The molecular formula is C24H34N2O3S. The van der Waals surface area contributed by atoms with Gasteiger partial charge in [0.2, 0.25) is 0 Å². The van der Waals surface area contributed by atoms with Gasteiger partial charge in [0, 0.05) is 44.3 Å². The van der Waals surface area contributed by atoms with Crippen molar-refractivity contribution < 1.29 is 13.2 Å². The summed E-state index contributed by atoms with van der Waals surface area (Å²) >= 11 is 0. The van der Waals surface area contributed by atoms with Crippen LogP contribution in [0.1, 0.15) is 50.6 Å². The summed E-state index contributed by atoms with van der Waals surface area (Å²) in [6.07, 6.45) is 1.74. The van der Waals surface area contributed by atoms with Crippen molar-refractivity contribution in [2.45, 2.75) is 55.8 Å². The monoisotopic (exact) mass is 430 g/mol. The Labute approximate surface area is 181 Å². The Kier molecular flexibility index (Phi) is 5.95. The number of aromatic nitrogens is 1. The summed E-state index contributed by atoms with van der Waals surface area (Å²) in [5, 5.41) is 0. The van der Waals surface area contributed by atoms with E-state index in [0.29, 0.717) is 4.90 Å². The summed E-state index contributed by atoms with van der Waals surface area (Å²) in [6.45, 7) is 13.2. The van der Waals surface area contributed by atoms with E-state index < -0.39 is 14.6 Å². The molecule has 30 heavy (non-hydrogen) atoms. The number of piperidine rings is 1. The van der Waals surface area contributed by atoms with Crippen LogP contribution in [0.4, 0.5) is 0 Å². The molecule has 0 unspecified atom stereocenters. The standard InChI is InChI=1S/C24H34N2O3S/c1-18-8-13-22(25(18)6)24(29-7)14-16-26(17-15-24)19(2)20-9-11-21(12-10-20)30(27,28)23(3,4)5/h8-13H,2,14-17H2,1,3-7H3. The molecule has 1 fully saturated rings. The van der Waals surface area contributed by atoms with Gasteiger partial charge in [-0.2, -0.15) is 0 Å². The van der Waals surface area contributed by atoms with Crippen molar-refractivity contribution in [3.8, 4) is 0 Å². The minimum absolute atomic E-state index is 0.287. The summed E-state index contributed by atoms with van der Waals surface area (Å²) in [5.74, 6) is 0. The first-order valence-corrected chi connectivity index (χ1v) is 11.9. The van der Waals surface area contributed by atoms with Gasteiger partial charge in [0.15, 0.2) is 9.84 Å². The van der Waals surface area contributed by atoms with Gasteiger partial charge in [-0.15, -0.1) is 0 Å². The number of rotatable bonds is 5. The van der Waals surface area contributed by atoms with Crippen molar-refractivity contribution in [1.82, 2.24) is 9.47 Å². The molecule has 2 heterocycles. The van der Waals surface area contributed by atoms with Crippen LogP contribution in [0, 0.1) is 6.92 Å². The van der Waals surface area contributed by atoms with E-state index in [1.165, 1.54) is 11.4 Å². The van der Waals surface area contributed by atoms with E-state index in [2.05, 4.69) is 42.2 Å². The zero-order valence-corrected chi connectivity index (χ0v) is 19.8. The fourth-order valence-electron chi connectivity index (χ4n) is 4.14. The average Bonchev–Trinajstić information content (AvgIpc) is 3.06. The maximum Gasteiger partial charge on any atom is 0.183 e. The van der Waals surface area contributed by atoms with E-state index in [9.17, 15) is 8.42 Å². The van der Waals surface area contributed by atoms with Crippen LogP contribution in [-0.4, -0.2) is 42.8 Å². The molecule has 0 saturated carbocycles. The number of methoxy groups -OCH3 is 1. The highest BCUT2D eigenvalue weighted by Crippen LogP contribution is 2.38. The number of hydrogen-bond donors (Lipinski definition) is 0. The molecule has 164 valence electrons. The van der Waals surface area contributed by atoms with Crippen LogP contribution in [-0.2, 0) is 27.2 Å². The van der Waals surface area contributed by atoms with Gasteiger partial charge in [0.25, 0.3) is 0 Å². The number of hydrogen-bond acceptors (Lipinski definition) is 4. The molecule has 1 aromatic heterocycles. The molecule has 0 amide bonds. The third-order valence-corrected chi connectivity index (χ3v) is 8.99. The number of aryl methyl sites for hydroxylation is 1. The van der Waals surface area contributed by atoms with E-state index >= 15 is 0 Å². The molecule has 0 N–H and O–H groups in total. The molecule has 1 aliphatic heterocycles. The van der Waals surface area contributed by atoms with Gasteiger partial charge in [-0.25, -0.2) is 8.42 Å². The lowest BCUT2D eigenvalue weighted by Gasteiger charge is -2.42. The molecule has 1 aliphatic rings. The van der Waals surface area contributed by atoms with Crippen molar-refractivity contribution in [2.75, 3.05) is 20.2 Å². The van der Waals surface area contributed by atoms with Crippen LogP contribution in [0.5, 0.6) is 0 Å². The lowest BCUT2D eigenvalue weighted by Crippen LogP contribution is -2.43. The molecule has 0 atom stereocenters. The topological polar surface area (TPSA) is 51.5 Å². The van der Waals surface area contributed by atoms with Crippen molar-refractivity contribution in [3.63, 3.8) is 0 Å². The summed E-state index contributed by atoms with van der Waals surface area (Å²) in [7, 11) is 0.523. The van der Waals surface area contributed by atoms with Crippen LogP contribution in [0.3, 0.4) is 0 Å². The summed E-state index contributed by atoms with van der Waals surface area (Å²) in [6, 6.07) is 11.4. The van der Waals surface area contributed by atoms with Gasteiger partial charge in [0.1, 0.15) is 5.60 Å². The van der Waals surface area contributed by atoms with E-state index in [1.807, 2.05) is 12.1 Å². The number of sulfone groups is 1. The maximum atomic E-state index is 12.7. The summed E-state index contributed by atoms with van der Waals surface area (Å²) < 4.78 is 32.7. The first-order valence-electron chi connectivity index (χ1n) is 10.4. The van der Waals surface area contributed by atoms with Crippen LogP contribution >= 0.6 is 0 Å². The number of benzene rings is 1. The Morgan fingerprint density at radius 2 is 1.63 bits per heavy atom. The van der Waals surface area contributed by atoms with Gasteiger partial charge < -0.3 is 14.2 Å². The predicted octanol–water partition coefficient (Wildman–Crippen LogP) is 4.51. The summed E-state index contributed by atoms with van der Waals surface area (Å²) in [4.78, 5) is 2.61. The van der Waals surface area contributed by atoms with Gasteiger partial charge in [-0.1, -0.05) is 18.7 Å². The Morgan fingerprint density at radius 3 is 2.07 bits per heavy atom. The van der Waals surface area contributed by atoms with Gasteiger partial charge in [-0.3, -0.25) is 0 Å². The molecule has 0 spiro atoms. The Balaban J connectivity index is 1.75. The van der Waals surface area contributed by atoms with Crippen LogP contribution in [0.2, 0.25) is 0 Å². The molecule has 6 heteroatoms. The second-order valence-electron chi connectivity index (χ2n) is 9.19. The fraction of sp³-hybridized carbons (Fsp3) is 0.500. The Hall–Kier alpha value is -2.05. The van der Waals surface area contributed by atoms with Crippen LogP contribution in [0.25, 0.3) is 5.70 Å². The van der Waals surface area contributed by atoms with Crippen molar-refractivity contribution >= 4 is 15.5 Å². The molecule has 1 aromatic carbocycles. The van der Waals surface area contributed by atoms with E-state index in [1.54, 1.807) is 40.0 Å². The first kappa shape index (κ1) is 22.6. The van der Waals surface area contributed by atoms with Gasteiger partial charge in [-0.05, 0) is 70.4 Å². The molecular weight excluding hydrogens is 396 g/mol. The van der Waals surface area contributed by atoms with E-state index in [-0.39, 0.29) is 5.60 Å². The lowest BCUT2D eigenvalue weighted by molar-refractivity contribution is -0.0590. The summed E-state index contributed by atoms with van der Waals surface area (Å²) in [5.41, 5.74) is 4.01. The van der Waals surface area contributed by atoms with Crippen molar-refractivity contribution in [3.05, 3.63) is 59.9 Å². The number of nitrogens with zero attached hydrogens (tertiary/aromatic N) is 2. The smallest absolute Gasteiger partial charge is 0.183 e. The van der Waals surface area contributed by atoms with Crippen LogP contribution < -0.4 is 0 Å². The van der Waals surface area contributed by atoms with Gasteiger partial charge in [0.05, 0.1) is 9.64 Å². The minimum atomic E-state index is -3.36. The Bertz CT molecular complexity index is 1020. The van der Waals surface area contributed by atoms with Gasteiger partial charge >= 0.3 is 0 Å². The quantitative estimate of drug-likeness (QED) is 0.700. The highest BCUT2D eigenvalue weighted by molar-refractivity contribution is 7.92. The normalized spacial score (nSPS) is 17.2. The molecule has 0 aliphatic carbocycles. The highest BCUT2D eigenvalue weighted by Gasteiger charge is 2.39. The fourth-order valence-corrected chi connectivity index (χ4v) is 5.34. The first-order chi connectivity index (χ1) is 13.9. The second kappa shape index (κ2) is 7.89. The zero-order chi connectivity index (χ0) is 22.3. The third-order valence-electron chi connectivity index (χ3n) is 6.49. The number of likely N-dealkylation sites (tertiary alicyclic amines) is 1. The molecule has 1 saturated heterocycles. The Morgan fingerprint density at radius 1 is 1.07 bits per heavy atom. The second-order valence-corrected chi connectivity index (χ2v) is 11.9. The largest absolute Gasteiger partial charge is 0.372 e. The van der Waals surface area contributed by atoms with Crippen molar-refractivity contribution in [1.29, 1.82) is 0 Å². The zero-order valence-electron chi connectivity index (χ0n) is 19.0. The molecule has 3 rings (SSSR count). The lowest BCUT2D eigenvalue weighted by atomic mass is 9.87. The maximum absolute atomic E-state index is 12.7. The van der Waals surface area contributed by atoms with Crippen molar-refractivity contribution in [2.24, 2.45) is 7.05 Å². The highest BCUT2D eigenvalue weighted by atomic mass is 32.2.